The first-order valence-electron chi connectivity index (χ1n) is 10.3. The van der Waals surface area contributed by atoms with Crippen LogP contribution in [0.5, 0.6) is 0 Å². The van der Waals surface area contributed by atoms with E-state index in [0.29, 0.717) is 18.8 Å². The molecule has 1 aromatic rings. The zero-order valence-corrected chi connectivity index (χ0v) is 19.6. The molecule has 1 aliphatic heterocycles. The molecule has 1 amide bonds. The zero-order chi connectivity index (χ0) is 19.7. The summed E-state index contributed by atoms with van der Waals surface area (Å²) in [6.45, 7) is 5.63. The second-order valence-corrected chi connectivity index (χ2v) is 7.47. The van der Waals surface area contributed by atoms with Crippen molar-refractivity contribution in [1.82, 2.24) is 20.9 Å². The maximum Gasteiger partial charge on any atom is 0.287 e. The van der Waals surface area contributed by atoms with Crippen LogP contribution in [0.1, 0.15) is 42.7 Å². The Labute approximate surface area is 190 Å². The van der Waals surface area contributed by atoms with Gasteiger partial charge in [-0.3, -0.25) is 14.7 Å². The third kappa shape index (κ3) is 6.85. The van der Waals surface area contributed by atoms with E-state index in [9.17, 15) is 4.79 Å². The molecule has 0 aromatic carbocycles. The summed E-state index contributed by atoms with van der Waals surface area (Å²) in [5.74, 6) is 0.890. The van der Waals surface area contributed by atoms with Crippen LogP contribution >= 0.6 is 24.0 Å². The summed E-state index contributed by atoms with van der Waals surface area (Å²) in [5, 5.41) is 9.63. The lowest BCUT2D eigenvalue weighted by Gasteiger charge is -2.48. The molecule has 0 bridgehead atoms. The molecule has 1 saturated heterocycles. The highest BCUT2D eigenvalue weighted by Crippen LogP contribution is 2.33. The van der Waals surface area contributed by atoms with Crippen molar-refractivity contribution in [3.05, 3.63) is 24.2 Å². The monoisotopic (exact) mass is 519 g/mol. The summed E-state index contributed by atoms with van der Waals surface area (Å²) >= 11 is 0. The summed E-state index contributed by atoms with van der Waals surface area (Å²) in [6.07, 6.45) is 7.82. The van der Waals surface area contributed by atoms with Crippen LogP contribution in [0, 0.1) is 0 Å². The van der Waals surface area contributed by atoms with Gasteiger partial charge < -0.3 is 25.1 Å². The predicted octanol–water partition coefficient (Wildman–Crippen LogP) is 1.83. The van der Waals surface area contributed by atoms with Crippen LogP contribution in [0.4, 0.5) is 0 Å². The Kier molecular flexibility index (Phi) is 10.2. The van der Waals surface area contributed by atoms with Gasteiger partial charge in [-0.2, -0.15) is 0 Å². The number of carbonyl (C=O) groups excluding carboxylic acids is 1. The number of nitrogens with zero attached hydrogens (tertiary/aromatic N) is 2. The lowest BCUT2D eigenvalue weighted by atomic mass is 9.80. The van der Waals surface area contributed by atoms with Gasteiger partial charge in [-0.1, -0.05) is 19.3 Å². The number of hydrogen-bond donors (Lipinski definition) is 3. The smallest absolute Gasteiger partial charge is 0.287 e. The van der Waals surface area contributed by atoms with Crippen LogP contribution in [0.25, 0.3) is 0 Å². The Balaban J connectivity index is 0.00000300. The molecule has 8 nitrogen and oxygen atoms in total. The van der Waals surface area contributed by atoms with Crippen molar-refractivity contribution < 1.29 is 13.9 Å². The van der Waals surface area contributed by atoms with Crippen LogP contribution < -0.4 is 16.0 Å². The van der Waals surface area contributed by atoms with Gasteiger partial charge in [0.05, 0.1) is 19.5 Å². The first-order chi connectivity index (χ1) is 13.7. The topological polar surface area (TPSA) is 91.1 Å². The summed E-state index contributed by atoms with van der Waals surface area (Å²) in [6, 6.07) is 3.35. The largest absolute Gasteiger partial charge is 0.459 e. The summed E-state index contributed by atoms with van der Waals surface area (Å²) in [5.41, 5.74) is 0.188. The number of halogens is 1. The van der Waals surface area contributed by atoms with E-state index in [-0.39, 0.29) is 35.4 Å². The number of aliphatic imine (C=N–C) groups is 1. The van der Waals surface area contributed by atoms with Gasteiger partial charge in [-0.05, 0) is 25.0 Å². The normalized spacial score (nSPS) is 19.8. The van der Waals surface area contributed by atoms with Gasteiger partial charge in [-0.15, -0.1) is 24.0 Å². The number of nitrogens with one attached hydrogen (secondary N) is 3. The van der Waals surface area contributed by atoms with Gasteiger partial charge in [0.2, 0.25) is 0 Å². The maximum absolute atomic E-state index is 11.9. The fraction of sp³-hybridized carbons (Fsp3) is 0.700. The number of rotatable bonds is 7. The van der Waals surface area contributed by atoms with E-state index in [4.69, 9.17) is 9.15 Å². The lowest BCUT2D eigenvalue weighted by molar-refractivity contribution is -0.0352. The molecule has 1 aromatic heterocycles. The third-order valence-electron chi connectivity index (χ3n) is 5.72. The molecule has 1 aliphatic carbocycles. The molecule has 1 saturated carbocycles. The average molecular weight is 519 g/mol. The zero-order valence-electron chi connectivity index (χ0n) is 17.2. The van der Waals surface area contributed by atoms with Gasteiger partial charge >= 0.3 is 0 Å². The molecular weight excluding hydrogens is 485 g/mol. The minimum atomic E-state index is -0.205. The van der Waals surface area contributed by atoms with Gasteiger partial charge in [-0.25, -0.2) is 0 Å². The highest BCUT2D eigenvalue weighted by Gasteiger charge is 2.38. The standard InChI is InChI=1S/C20H33N5O3.HI/c1-21-19(23-10-9-22-18(26)17-6-5-13-28-17)24-16-20(7-3-2-4-8-20)25-11-14-27-15-12-25;/h5-6,13H,2-4,7-12,14-16H2,1H3,(H,22,26)(H2,21,23,24);1H. The molecule has 2 aliphatic rings. The van der Waals surface area contributed by atoms with E-state index in [2.05, 4.69) is 25.8 Å². The molecular formula is C20H34IN5O3. The van der Waals surface area contributed by atoms with Gasteiger partial charge in [0.1, 0.15) is 0 Å². The van der Waals surface area contributed by atoms with Gasteiger partial charge in [0, 0.05) is 45.3 Å². The van der Waals surface area contributed by atoms with Crippen LogP contribution in [0.15, 0.2) is 27.8 Å². The van der Waals surface area contributed by atoms with Crippen molar-refractivity contribution in [3.8, 4) is 0 Å². The van der Waals surface area contributed by atoms with Gasteiger partial charge in [0.15, 0.2) is 11.7 Å². The molecule has 0 radical (unpaired) electrons. The van der Waals surface area contributed by atoms with Crippen molar-refractivity contribution >= 4 is 35.8 Å². The van der Waals surface area contributed by atoms with Crippen molar-refractivity contribution in [1.29, 1.82) is 0 Å². The molecule has 0 spiro atoms. The molecule has 0 atom stereocenters. The fourth-order valence-electron chi connectivity index (χ4n) is 4.17. The van der Waals surface area contributed by atoms with E-state index in [1.165, 1.54) is 38.4 Å². The van der Waals surface area contributed by atoms with Crippen LogP contribution in [-0.2, 0) is 4.74 Å². The number of hydrogen-bond acceptors (Lipinski definition) is 5. The Hall–Kier alpha value is -1.33. The average Bonchev–Trinajstić information content (AvgIpc) is 3.29. The minimum absolute atomic E-state index is 0. The summed E-state index contributed by atoms with van der Waals surface area (Å²) < 4.78 is 10.6. The number of guanidine groups is 1. The quantitative estimate of drug-likeness (QED) is 0.221. The molecule has 0 unspecified atom stereocenters. The van der Waals surface area contributed by atoms with Crippen molar-refractivity contribution in [2.45, 2.75) is 37.6 Å². The Morgan fingerprint density at radius 1 is 1.14 bits per heavy atom. The second-order valence-electron chi connectivity index (χ2n) is 7.47. The minimum Gasteiger partial charge on any atom is -0.459 e. The number of morpholine rings is 1. The van der Waals surface area contributed by atoms with Gasteiger partial charge in [0.25, 0.3) is 5.91 Å². The number of carbonyl (C=O) groups is 1. The van der Waals surface area contributed by atoms with E-state index in [0.717, 1.165) is 38.8 Å². The lowest BCUT2D eigenvalue weighted by Crippen LogP contribution is -2.60. The SMILES string of the molecule is CN=C(NCCNC(=O)c1ccco1)NCC1(N2CCOCC2)CCCCC1.I. The molecule has 29 heavy (non-hydrogen) atoms. The first-order valence-corrected chi connectivity index (χ1v) is 10.3. The molecule has 2 heterocycles. The van der Waals surface area contributed by atoms with Crippen molar-refractivity contribution in [3.63, 3.8) is 0 Å². The Morgan fingerprint density at radius 2 is 1.86 bits per heavy atom. The third-order valence-corrected chi connectivity index (χ3v) is 5.72. The Morgan fingerprint density at radius 3 is 2.52 bits per heavy atom. The molecule has 3 rings (SSSR count). The van der Waals surface area contributed by atoms with E-state index in [1.54, 1.807) is 19.2 Å². The summed E-state index contributed by atoms with van der Waals surface area (Å²) in [7, 11) is 1.78. The van der Waals surface area contributed by atoms with Crippen LogP contribution in [0.2, 0.25) is 0 Å². The highest BCUT2D eigenvalue weighted by atomic mass is 127. The summed E-state index contributed by atoms with van der Waals surface area (Å²) in [4.78, 5) is 18.8. The molecule has 3 N–H and O–H groups in total. The second kappa shape index (κ2) is 12.4. The molecule has 9 heteroatoms. The van der Waals surface area contributed by atoms with Crippen LogP contribution in [-0.4, -0.2) is 75.3 Å². The molecule has 164 valence electrons. The first kappa shape index (κ1) is 23.9. The number of furan rings is 1. The number of ether oxygens (including phenoxy) is 1. The number of amides is 1. The van der Waals surface area contributed by atoms with E-state index >= 15 is 0 Å². The highest BCUT2D eigenvalue weighted by molar-refractivity contribution is 14.0. The Bertz CT molecular complexity index is 626. The van der Waals surface area contributed by atoms with E-state index in [1.807, 2.05) is 0 Å². The van der Waals surface area contributed by atoms with Crippen molar-refractivity contribution in [2.75, 3.05) is 53.0 Å². The molecule has 2 fully saturated rings. The maximum atomic E-state index is 11.9. The fourth-order valence-corrected chi connectivity index (χ4v) is 4.17. The van der Waals surface area contributed by atoms with E-state index < -0.39 is 0 Å². The predicted molar refractivity (Wildman–Crippen MR) is 124 cm³/mol. The van der Waals surface area contributed by atoms with Crippen molar-refractivity contribution in [2.24, 2.45) is 4.99 Å². The van der Waals surface area contributed by atoms with Crippen LogP contribution in [0.3, 0.4) is 0 Å².